The number of halogens is 1. The predicted molar refractivity (Wildman–Crippen MR) is 96.8 cm³/mol. The first-order valence-electron chi connectivity index (χ1n) is 8.37. The average molecular weight is 360 g/mol. The van der Waals surface area contributed by atoms with Crippen molar-refractivity contribution in [2.75, 3.05) is 25.7 Å². The van der Waals surface area contributed by atoms with Crippen molar-refractivity contribution >= 4 is 11.4 Å². The molecule has 2 atom stereocenters. The second-order valence-corrected chi connectivity index (χ2v) is 6.44. The molecule has 0 amide bonds. The summed E-state index contributed by atoms with van der Waals surface area (Å²) in [6.07, 6.45) is 0.822. The van der Waals surface area contributed by atoms with E-state index in [1.165, 1.54) is 13.2 Å². The van der Waals surface area contributed by atoms with Gasteiger partial charge in [0.1, 0.15) is 17.2 Å². The Morgan fingerprint density at radius 2 is 1.81 bits per heavy atom. The number of methoxy groups -OCH3 is 2. The summed E-state index contributed by atoms with van der Waals surface area (Å²) >= 11 is 0. The average Bonchev–Trinajstić information content (AvgIpc) is 3.02. The number of nitro groups is 1. The summed E-state index contributed by atoms with van der Waals surface area (Å²) in [6, 6.07) is 10.4. The summed E-state index contributed by atoms with van der Waals surface area (Å²) in [5, 5.41) is 11.4. The van der Waals surface area contributed by atoms with E-state index in [0.717, 1.165) is 23.8 Å². The van der Waals surface area contributed by atoms with E-state index in [4.69, 9.17) is 9.47 Å². The molecule has 0 aromatic heterocycles. The van der Waals surface area contributed by atoms with E-state index >= 15 is 0 Å². The molecular formula is C19H21FN2O4. The Hall–Kier alpha value is -2.83. The Morgan fingerprint density at radius 1 is 1.15 bits per heavy atom. The van der Waals surface area contributed by atoms with E-state index < -0.39 is 16.4 Å². The van der Waals surface area contributed by atoms with Gasteiger partial charge in [-0.25, -0.2) is 0 Å². The first kappa shape index (κ1) is 18.0. The minimum absolute atomic E-state index is 0.0345. The maximum atomic E-state index is 14.3. The SMILES string of the molecule is COc1ccc(C2CC(C)N(c3cc(OC)cc(F)c3[N+](=O)[O-])C2)cc1. The molecule has 0 bridgehead atoms. The molecule has 1 aliphatic heterocycles. The third kappa shape index (κ3) is 3.29. The van der Waals surface area contributed by atoms with Gasteiger partial charge in [0.05, 0.1) is 19.1 Å². The first-order chi connectivity index (χ1) is 12.4. The van der Waals surface area contributed by atoms with E-state index in [1.54, 1.807) is 7.11 Å². The third-order valence-corrected chi connectivity index (χ3v) is 4.91. The smallest absolute Gasteiger partial charge is 0.328 e. The van der Waals surface area contributed by atoms with Gasteiger partial charge in [-0.05, 0) is 31.0 Å². The largest absolute Gasteiger partial charge is 0.497 e. The number of hydrogen-bond acceptors (Lipinski definition) is 5. The lowest BCUT2D eigenvalue weighted by Crippen LogP contribution is -2.27. The van der Waals surface area contributed by atoms with Gasteiger partial charge in [0.2, 0.25) is 5.82 Å². The van der Waals surface area contributed by atoms with E-state index in [2.05, 4.69) is 0 Å². The van der Waals surface area contributed by atoms with Crippen molar-refractivity contribution in [3.05, 3.63) is 57.9 Å². The minimum atomic E-state index is -0.885. The van der Waals surface area contributed by atoms with Gasteiger partial charge in [-0.1, -0.05) is 12.1 Å². The van der Waals surface area contributed by atoms with E-state index in [1.807, 2.05) is 36.1 Å². The molecule has 2 aromatic carbocycles. The highest BCUT2D eigenvalue weighted by Crippen LogP contribution is 2.42. The fraction of sp³-hybridized carbons (Fsp3) is 0.368. The molecule has 0 aliphatic carbocycles. The normalized spacial score (nSPS) is 19.5. The number of hydrogen-bond donors (Lipinski definition) is 0. The predicted octanol–water partition coefficient (Wildman–Crippen LogP) is 4.13. The summed E-state index contributed by atoms with van der Waals surface area (Å²) < 4.78 is 24.6. The van der Waals surface area contributed by atoms with Crippen molar-refractivity contribution in [2.24, 2.45) is 0 Å². The molecule has 1 aliphatic rings. The summed E-state index contributed by atoms with van der Waals surface area (Å²) in [5.41, 5.74) is 0.884. The lowest BCUT2D eigenvalue weighted by Gasteiger charge is -2.24. The molecule has 26 heavy (non-hydrogen) atoms. The van der Waals surface area contributed by atoms with E-state index in [-0.39, 0.29) is 23.4 Å². The van der Waals surface area contributed by atoms with Crippen molar-refractivity contribution in [2.45, 2.75) is 25.3 Å². The molecule has 1 fully saturated rings. The van der Waals surface area contributed by atoms with Crippen LogP contribution in [-0.4, -0.2) is 31.7 Å². The number of anilines is 1. The van der Waals surface area contributed by atoms with Crippen LogP contribution in [0.5, 0.6) is 11.5 Å². The maximum absolute atomic E-state index is 14.3. The van der Waals surface area contributed by atoms with Crippen molar-refractivity contribution in [1.82, 2.24) is 0 Å². The number of nitro benzene ring substituents is 1. The Morgan fingerprint density at radius 3 is 2.38 bits per heavy atom. The van der Waals surface area contributed by atoms with Crippen LogP contribution in [0.25, 0.3) is 0 Å². The van der Waals surface area contributed by atoms with Crippen LogP contribution in [0.2, 0.25) is 0 Å². The zero-order valence-electron chi connectivity index (χ0n) is 14.9. The highest BCUT2D eigenvalue weighted by Gasteiger charge is 2.35. The quantitative estimate of drug-likeness (QED) is 0.592. The highest BCUT2D eigenvalue weighted by atomic mass is 19.1. The van der Waals surface area contributed by atoms with Gasteiger partial charge in [0, 0.05) is 30.6 Å². The van der Waals surface area contributed by atoms with Crippen LogP contribution in [-0.2, 0) is 0 Å². The van der Waals surface area contributed by atoms with Gasteiger partial charge in [-0.15, -0.1) is 0 Å². The molecule has 6 nitrogen and oxygen atoms in total. The van der Waals surface area contributed by atoms with E-state index in [0.29, 0.717) is 6.54 Å². The minimum Gasteiger partial charge on any atom is -0.497 e. The zero-order chi connectivity index (χ0) is 18.8. The molecule has 2 unspecified atom stereocenters. The molecule has 0 N–H and O–H groups in total. The highest BCUT2D eigenvalue weighted by molar-refractivity contribution is 5.68. The first-order valence-corrected chi connectivity index (χ1v) is 8.37. The molecule has 0 saturated carbocycles. The van der Waals surface area contributed by atoms with Crippen molar-refractivity contribution in [1.29, 1.82) is 0 Å². The van der Waals surface area contributed by atoms with Gasteiger partial charge < -0.3 is 14.4 Å². The number of nitrogens with zero attached hydrogens (tertiary/aromatic N) is 2. The van der Waals surface area contributed by atoms with Crippen molar-refractivity contribution in [3.63, 3.8) is 0 Å². The Labute approximate surface area is 151 Å². The molecular weight excluding hydrogens is 339 g/mol. The molecule has 7 heteroatoms. The molecule has 1 saturated heterocycles. The van der Waals surface area contributed by atoms with Crippen LogP contribution < -0.4 is 14.4 Å². The number of benzene rings is 2. The van der Waals surface area contributed by atoms with Crippen molar-refractivity contribution < 1.29 is 18.8 Å². The number of ether oxygens (including phenoxy) is 2. The summed E-state index contributed by atoms with van der Waals surface area (Å²) in [5.74, 6) is 0.361. The van der Waals surface area contributed by atoms with Crippen LogP contribution in [0, 0.1) is 15.9 Å². The topological polar surface area (TPSA) is 64.8 Å². The van der Waals surface area contributed by atoms with Crippen LogP contribution in [0.3, 0.4) is 0 Å². The summed E-state index contributed by atoms with van der Waals surface area (Å²) in [7, 11) is 3.03. The van der Waals surface area contributed by atoms with Gasteiger partial charge in [-0.3, -0.25) is 10.1 Å². The lowest BCUT2D eigenvalue weighted by molar-refractivity contribution is -0.386. The van der Waals surface area contributed by atoms with Crippen molar-refractivity contribution in [3.8, 4) is 11.5 Å². The molecule has 1 heterocycles. The third-order valence-electron chi connectivity index (χ3n) is 4.91. The second-order valence-electron chi connectivity index (χ2n) is 6.44. The van der Waals surface area contributed by atoms with E-state index in [9.17, 15) is 14.5 Å². The van der Waals surface area contributed by atoms with Gasteiger partial charge >= 0.3 is 5.69 Å². The van der Waals surface area contributed by atoms with Crippen LogP contribution >= 0.6 is 0 Å². The number of rotatable bonds is 5. The van der Waals surface area contributed by atoms with Crippen LogP contribution in [0.4, 0.5) is 15.8 Å². The lowest BCUT2D eigenvalue weighted by atomic mass is 9.97. The zero-order valence-corrected chi connectivity index (χ0v) is 14.9. The maximum Gasteiger partial charge on any atom is 0.328 e. The molecule has 138 valence electrons. The molecule has 2 aromatic rings. The second kappa shape index (κ2) is 7.19. The Bertz CT molecular complexity index is 810. The van der Waals surface area contributed by atoms with Gasteiger partial charge in [0.15, 0.2) is 0 Å². The Kier molecular flexibility index (Phi) is 4.97. The fourth-order valence-corrected chi connectivity index (χ4v) is 3.56. The van der Waals surface area contributed by atoms with Crippen LogP contribution in [0.15, 0.2) is 36.4 Å². The van der Waals surface area contributed by atoms with Gasteiger partial charge in [0.25, 0.3) is 0 Å². The van der Waals surface area contributed by atoms with Crippen LogP contribution in [0.1, 0.15) is 24.8 Å². The molecule has 0 radical (unpaired) electrons. The van der Waals surface area contributed by atoms with Gasteiger partial charge in [-0.2, -0.15) is 4.39 Å². The molecule has 3 rings (SSSR count). The fourth-order valence-electron chi connectivity index (χ4n) is 3.56. The Balaban J connectivity index is 1.94. The summed E-state index contributed by atoms with van der Waals surface area (Å²) in [4.78, 5) is 12.6. The monoisotopic (exact) mass is 360 g/mol. The molecule has 0 spiro atoms. The summed E-state index contributed by atoms with van der Waals surface area (Å²) in [6.45, 7) is 2.56. The standard InChI is InChI=1S/C19H21FN2O4/c1-12-8-14(13-4-6-15(25-2)7-5-13)11-21(12)18-10-16(26-3)9-17(20)19(18)22(23)24/h4-7,9-10,12,14H,8,11H2,1-3H3.